The van der Waals surface area contributed by atoms with Crippen LogP contribution in [-0.2, 0) is 13.2 Å². The van der Waals surface area contributed by atoms with Crippen LogP contribution in [0, 0.1) is 0 Å². The van der Waals surface area contributed by atoms with Crippen molar-refractivity contribution < 1.29 is 5.11 Å². The lowest BCUT2D eigenvalue weighted by Gasteiger charge is -2.24. The fraction of sp³-hybridized carbons (Fsp3) is 0.118. The molecule has 4 nitrogen and oxygen atoms in total. The number of aliphatic hydroxyl groups excluding tert-OH is 1. The molecule has 0 radical (unpaired) electrons. The molecule has 22 heavy (non-hydrogen) atoms. The van der Waals surface area contributed by atoms with E-state index in [9.17, 15) is 9.90 Å². The zero-order valence-electron chi connectivity index (χ0n) is 11.7. The molecule has 1 aromatic carbocycles. The van der Waals surface area contributed by atoms with Crippen molar-refractivity contribution in [3.63, 3.8) is 0 Å². The van der Waals surface area contributed by atoms with Gasteiger partial charge in [0.2, 0.25) is 0 Å². The molecule has 3 heterocycles. The van der Waals surface area contributed by atoms with Gasteiger partial charge in [0.15, 0.2) is 0 Å². The summed E-state index contributed by atoms with van der Waals surface area (Å²) in [6.07, 6.45) is 0. The topological polar surface area (TPSA) is 54.3 Å². The lowest BCUT2D eigenvalue weighted by Crippen LogP contribution is -2.34. The first-order valence-electron chi connectivity index (χ1n) is 7.05. The van der Waals surface area contributed by atoms with Crippen molar-refractivity contribution in [2.24, 2.45) is 0 Å². The van der Waals surface area contributed by atoms with Crippen LogP contribution in [0.15, 0.2) is 52.6 Å². The Morgan fingerprint density at radius 1 is 1.23 bits per heavy atom. The number of fused-ring (bicyclic) bond motifs is 3. The molecule has 0 saturated heterocycles. The minimum Gasteiger partial charge on any atom is -0.392 e. The minimum atomic E-state index is -0.103. The number of thiophene rings is 1. The van der Waals surface area contributed by atoms with Crippen LogP contribution >= 0.6 is 11.3 Å². The lowest BCUT2D eigenvalue weighted by atomic mass is 10.0. The van der Waals surface area contributed by atoms with E-state index in [4.69, 9.17) is 0 Å². The van der Waals surface area contributed by atoms with Gasteiger partial charge < -0.3 is 10.5 Å². The molecule has 0 unspecified atom stereocenters. The molecule has 1 aliphatic rings. The molecule has 2 N–H and O–H groups in total. The maximum absolute atomic E-state index is 12.8. The second-order valence-corrected chi connectivity index (χ2v) is 6.12. The third-order valence-electron chi connectivity index (χ3n) is 3.92. The highest BCUT2D eigenvalue weighted by molar-refractivity contribution is 7.13. The summed E-state index contributed by atoms with van der Waals surface area (Å²) in [4.78, 5) is 13.9. The Morgan fingerprint density at radius 3 is 2.82 bits per heavy atom. The predicted octanol–water partition coefficient (Wildman–Crippen LogP) is 2.79. The summed E-state index contributed by atoms with van der Waals surface area (Å²) in [7, 11) is 0. The second kappa shape index (κ2) is 5.12. The van der Waals surface area contributed by atoms with E-state index in [0.717, 1.165) is 27.3 Å². The molecule has 0 amide bonds. The van der Waals surface area contributed by atoms with Crippen LogP contribution in [0.2, 0.25) is 0 Å². The van der Waals surface area contributed by atoms with Crippen LogP contribution in [-0.4, -0.2) is 9.78 Å². The molecule has 5 heteroatoms. The largest absolute Gasteiger partial charge is 0.392 e. The first-order chi connectivity index (χ1) is 10.8. The van der Waals surface area contributed by atoms with Crippen molar-refractivity contribution in [2.75, 3.05) is 5.43 Å². The number of aromatic nitrogens is 1. The van der Waals surface area contributed by atoms with Gasteiger partial charge in [-0.1, -0.05) is 30.3 Å². The van der Waals surface area contributed by atoms with E-state index >= 15 is 0 Å². The number of benzene rings is 1. The van der Waals surface area contributed by atoms with Crippen LogP contribution in [0.5, 0.6) is 0 Å². The highest BCUT2D eigenvalue weighted by atomic mass is 32.1. The van der Waals surface area contributed by atoms with Crippen LogP contribution < -0.4 is 11.0 Å². The summed E-state index contributed by atoms with van der Waals surface area (Å²) in [5.41, 5.74) is 7.23. The first-order valence-corrected chi connectivity index (χ1v) is 7.93. The number of hydrogen-bond acceptors (Lipinski definition) is 4. The van der Waals surface area contributed by atoms with E-state index in [1.54, 1.807) is 22.1 Å². The van der Waals surface area contributed by atoms with Crippen molar-refractivity contribution in [3.05, 3.63) is 69.3 Å². The van der Waals surface area contributed by atoms with E-state index in [1.807, 2.05) is 41.8 Å². The molecule has 110 valence electrons. The van der Waals surface area contributed by atoms with Gasteiger partial charge in [0, 0.05) is 11.1 Å². The molecule has 0 saturated carbocycles. The van der Waals surface area contributed by atoms with Crippen molar-refractivity contribution in [3.8, 4) is 21.7 Å². The molecule has 0 spiro atoms. The Balaban J connectivity index is 2.03. The fourth-order valence-corrected chi connectivity index (χ4v) is 3.85. The summed E-state index contributed by atoms with van der Waals surface area (Å²) < 4.78 is 1.58. The number of nitrogens with one attached hydrogen (secondary N) is 1. The van der Waals surface area contributed by atoms with Gasteiger partial charge in [-0.3, -0.25) is 4.79 Å². The monoisotopic (exact) mass is 310 g/mol. The van der Waals surface area contributed by atoms with Gasteiger partial charge in [-0.2, -0.15) is 0 Å². The average Bonchev–Trinajstić information content (AvgIpc) is 3.05. The average molecular weight is 310 g/mol. The molecule has 0 bridgehead atoms. The molecule has 2 aromatic heterocycles. The molecule has 0 aliphatic carbocycles. The van der Waals surface area contributed by atoms with Crippen LogP contribution in [0.25, 0.3) is 21.7 Å². The van der Waals surface area contributed by atoms with E-state index in [-0.39, 0.29) is 12.2 Å². The molecule has 3 aromatic rings. The van der Waals surface area contributed by atoms with Gasteiger partial charge in [-0.15, -0.1) is 11.3 Å². The molecule has 0 fully saturated rings. The summed E-state index contributed by atoms with van der Waals surface area (Å²) >= 11 is 1.60. The first kappa shape index (κ1) is 13.3. The van der Waals surface area contributed by atoms with Gasteiger partial charge in [0.1, 0.15) is 0 Å². The molecule has 1 aliphatic heterocycles. The van der Waals surface area contributed by atoms with Crippen molar-refractivity contribution >= 4 is 11.3 Å². The Labute approximate surface area is 131 Å². The smallest absolute Gasteiger partial charge is 0.277 e. The van der Waals surface area contributed by atoms with Crippen molar-refractivity contribution in [2.45, 2.75) is 13.2 Å². The minimum absolute atomic E-state index is 0.0857. The summed E-state index contributed by atoms with van der Waals surface area (Å²) in [6, 6.07) is 13.4. The Kier molecular flexibility index (Phi) is 3.10. The van der Waals surface area contributed by atoms with Crippen molar-refractivity contribution in [1.29, 1.82) is 0 Å². The molecular weight excluding hydrogens is 296 g/mol. The number of aliphatic hydroxyl groups is 1. The summed E-state index contributed by atoms with van der Waals surface area (Å²) in [5.74, 6) is 0. The highest BCUT2D eigenvalue weighted by Gasteiger charge is 2.23. The maximum Gasteiger partial charge on any atom is 0.277 e. The fourth-order valence-electron chi connectivity index (χ4n) is 2.86. The highest BCUT2D eigenvalue weighted by Crippen LogP contribution is 2.35. The number of hydrogen-bond donors (Lipinski definition) is 2. The second-order valence-electron chi connectivity index (χ2n) is 5.21. The van der Waals surface area contributed by atoms with Gasteiger partial charge in [-0.25, -0.2) is 4.68 Å². The normalized spacial score (nSPS) is 12.4. The number of nitrogens with zero attached hydrogens (tertiary/aromatic N) is 1. The Hall–Kier alpha value is -2.37. The van der Waals surface area contributed by atoms with Crippen molar-refractivity contribution in [1.82, 2.24) is 4.68 Å². The Bertz CT molecular complexity index is 897. The van der Waals surface area contributed by atoms with E-state index < -0.39 is 0 Å². The predicted molar refractivity (Wildman–Crippen MR) is 88.4 cm³/mol. The summed E-state index contributed by atoms with van der Waals surface area (Å²) in [5, 5.41) is 11.8. The number of rotatable bonds is 2. The van der Waals surface area contributed by atoms with Gasteiger partial charge in [0.25, 0.3) is 5.56 Å². The van der Waals surface area contributed by atoms with E-state index in [2.05, 4.69) is 5.43 Å². The number of pyridine rings is 1. The third-order valence-corrected chi connectivity index (χ3v) is 4.89. The Morgan fingerprint density at radius 2 is 2.05 bits per heavy atom. The zero-order valence-corrected chi connectivity index (χ0v) is 12.6. The van der Waals surface area contributed by atoms with E-state index in [1.165, 1.54) is 0 Å². The lowest BCUT2D eigenvalue weighted by molar-refractivity contribution is 0.281. The van der Waals surface area contributed by atoms with E-state index in [0.29, 0.717) is 12.1 Å². The molecule has 4 rings (SSSR count). The molecular formula is C17H14N2O2S. The van der Waals surface area contributed by atoms with Crippen LogP contribution in [0.4, 0.5) is 0 Å². The van der Waals surface area contributed by atoms with Crippen LogP contribution in [0.1, 0.15) is 11.1 Å². The third kappa shape index (κ3) is 1.90. The SMILES string of the molecule is O=c1c(-c2ccccc2)cc(CO)c2n1NCc1ccsc1-2. The molecule has 0 atom stereocenters. The standard InChI is InChI=1S/C17H14N2O2S/c20-10-13-8-14(11-4-2-1-3-5-11)17(21)19-15(13)16-12(9-18-19)6-7-22-16/h1-8,18,20H,9-10H2. The van der Waals surface area contributed by atoms with Crippen LogP contribution in [0.3, 0.4) is 0 Å². The van der Waals surface area contributed by atoms with Gasteiger partial charge in [0.05, 0.1) is 23.7 Å². The maximum atomic E-state index is 12.8. The van der Waals surface area contributed by atoms with Gasteiger partial charge in [-0.05, 0) is 28.6 Å². The quantitative estimate of drug-likeness (QED) is 0.765. The summed E-state index contributed by atoms with van der Waals surface area (Å²) in [6.45, 7) is 0.517. The van der Waals surface area contributed by atoms with Gasteiger partial charge >= 0.3 is 0 Å². The zero-order chi connectivity index (χ0) is 15.1.